The van der Waals surface area contributed by atoms with Crippen LogP contribution in [0.3, 0.4) is 0 Å². The summed E-state index contributed by atoms with van der Waals surface area (Å²) in [6, 6.07) is 0. The van der Waals surface area contributed by atoms with Crippen LogP contribution in [0.4, 0.5) is 0 Å². The third-order valence-electron chi connectivity index (χ3n) is 3.65. The van der Waals surface area contributed by atoms with Crippen molar-refractivity contribution in [3.63, 3.8) is 0 Å². The summed E-state index contributed by atoms with van der Waals surface area (Å²) >= 11 is 0. The molecule has 0 aromatic heterocycles. The number of carboxylic acid groups (broad SMARTS) is 1. The van der Waals surface area contributed by atoms with Gasteiger partial charge in [-0.1, -0.05) is 70.4 Å². The Hall–Kier alpha value is 2.48. The van der Waals surface area contributed by atoms with Gasteiger partial charge in [0, 0.05) is 6.42 Å². The summed E-state index contributed by atoms with van der Waals surface area (Å²) in [5, 5.41) is 8.51. The Kier molecular flexibility index (Phi) is 34.2. The van der Waals surface area contributed by atoms with Gasteiger partial charge in [0.1, 0.15) is 0 Å². The first-order valence-electron chi connectivity index (χ1n) is 8.64. The SMILES string of the molecule is CCCCCCCC/C=C\CCCCCCCC(=O)O.[H-].[H-].[K+].[K+]. The Labute approximate surface area is 226 Å². The summed E-state index contributed by atoms with van der Waals surface area (Å²) in [4.78, 5) is 10.3. The predicted octanol–water partition coefficient (Wildman–Crippen LogP) is 0.342. The minimum Gasteiger partial charge on any atom is -1.00 e. The van der Waals surface area contributed by atoms with Crippen LogP contribution in [-0.4, -0.2) is 11.1 Å². The van der Waals surface area contributed by atoms with Crippen LogP contribution >= 0.6 is 0 Å². The molecule has 0 aliphatic heterocycles. The molecule has 0 rings (SSSR count). The summed E-state index contributed by atoms with van der Waals surface area (Å²) < 4.78 is 0. The molecule has 0 aliphatic rings. The zero-order valence-electron chi connectivity index (χ0n) is 17.4. The van der Waals surface area contributed by atoms with Gasteiger partial charge >= 0.3 is 109 Å². The van der Waals surface area contributed by atoms with Gasteiger partial charge < -0.3 is 7.96 Å². The summed E-state index contributed by atoms with van der Waals surface area (Å²) in [5.41, 5.74) is 0. The number of rotatable bonds is 15. The number of carboxylic acids is 1. The molecule has 0 fully saturated rings. The van der Waals surface area contributed by atoms with Crippen molar-refractivity contribution in [3.05, 3.63) is 12.2 Å². The maximum absolute atomic E-state index is 10.3. The van der Waals surface area contributed by atoms with Gasteiger partial charge in [-0.2, -0.15) is 0 Å². The van der Waals surface area contributed by atoms with E-state index in [1.54, 1.807) is 0 Å². The molecule has 4 heteroatoms. The number of unbranched alkanes of at least 4 members (excludes halogenated alkanes) is 11. The second kappa shape index (κ2) is 25.7. The van der Waals surface area contributed by atoms with Gasteiger partial charge in [-0.3, -0.25) is 4.79 Å². The fourth-order valence-corrected chi connectivity index (χ4v) is 2.35. The normalized spacial score (nSPS) is 10.2. The van der Waals surface area contributed by atoms with Gasteiger partial charge in [0.05, 0.1) is 0 Å². The second-order valence-electron chi connectivity index (χ2n) is 5.73. The van der Waals surface area contributed by atoms with Crippen LogP contribution in [-0.2, 0) is 4.79 Å². The maximum Gasteiger partial charge on any atom is 1.00 e. The Morgan fingerprint density at radius 3 is 1.64 bits per heavy atom. The van der Waals surface area contributed by atoms with Crippen LogP contribution in [0.5, 0.6) is 0 Å². The summed E-state index contributed by atoms with van der Waals surface area (Å²) in [7, 11) is 0. The number of hydrogen-bond acceptors (Lipinski definition) is 1. The van der Waals surface area contributed by atoms with Crippen LogP contribution in [0.25, 0.3) is 0 Å². The summed E-state index contributed by atoms with van der Waals surface area (Å²) in [5.74, 6) is -0.664. The molecule has 122 valence electrons. The molecular weight excluding hydrogens is 326 g/mol. The molecule has 0 bridgehead atoms. The molecule has 0 aromatic rings. The zero-order chi connectivity index (χ0) is 14.9. The van der Waals surface area contributed by atoms with Crippen LogP contribution in [0.15, 0.2) is 12.2 Å². The third kappa shape index (κ3) is 27.3. The van der Waals surface area contributed by atoms with E-state index >= 15 is 0 Å². The van der Waals surface area contributed by atoms with Crippen molar-refractivity contribution in [2.24, 2.45) is 0 Å². The van der Waals surface area contributed by atoms with Crippen molar-refractivity contribution in [1.29, 1.82) is 0 Å². The van der Waals surface area contributed by atoms with Crippen molar-refractivity contribution in [3.8, 4) is 0 Å². The first-order valence-corrected chi connectivity index (χ1v) is 8.64. The molecule has 0 heterocycles. The van der Waals surface area contributed by atoms with E-state index < -0.39 is 5.97 Å². The molecule has 0 radical (unpaired) electrons. The molecule has 0 atom stereocenters. The molecule has 0 aliphatic carbocycles. The van der Waals surface area contributed by atoms with Gasteiger partial charge in [0.2, 0.25) is 0 Å². The predicted molar refractivity (Wildman–Crippen MR) is 89.3 cm³/mol. The fraction of sp³-hybridized carbons (Fsp3) is 0.833. The Bertz CT molecular complexity index is 253. The van der Waals surface area contributed by atoms with Crippen molar-refractivity contribution < 1.29 is 116 Å². The third-order valence-corrected chi connectivity index (χ3v) is 3.65. The maximum atomic E-state index is 10.3. The average molecular weight is 363 g/mol. The Morgan fingerprint density at radius 2 is 1.18 bits per heavy atom. The van der Waals surface area contributed by atoms with Crippen molar-refractivity contribution in [2.45, 2.75) is 96.8 Å². The monoisotopic (exact) mass is 362 g/mol. The van der Waals surface area contributed by atoms with E-state index in [4.69, 9.17) is 5.11 Å². The second-order valence-corrected chi connectivity index (χ2v) is 5.73. The van der Waals surface area contributed by atoms with Crippen molar-refractivity contribution in [2.75, 3.05) is 0 Å². The molecule has 0 spiro atoms. The van der Waals surface area contributed by atoms with Gasteiger partial charge in [0.15, 0.2) is 0 Å². The van der Waals surface area contributed by atoms with E-state index in [2.05, 4.69) is 19.1 Å². The Balaban J connectivity index is -0.000000301. The van der Waals surface area contributed by atoms with Gasteiger partial charge in [-0.05, 0) is 32.1 Å². The van der Waals surface area contributed by atoms with E-state index in [0.717, 1.165) is 12.8 Å². The first kappa shape index (κ1) is 29.3. The molecule has 22 heavy (non-hydrogen) atoms. The van der Waals surface area contributed by atoms with Crippen LogP contribution < -0.4 is 103 Å². The van der Waals surface area contributed by atoms with Gasteiger partial charge in [-0.15, -0.1) is 0 Å². The number of carbonyl (C=O) groups is 1. The largest absolute Gasteiger partial charge is 1.00 e. The van der Waals surface area contributed by atoms with E-state index in [0.29, 0.717) is 6.42 Å². The van der Waals surface area contributed by atoms with Gasteiger partial charge in [-0.25, -0.2) is 0 Å². The standard InChI is InChI=1S/C18H34O2.2K.2H/c1-2-3-4-5-6-7-8-9-10-11-12-13-14-15-16-17-18(19)20;;;;/h9-10H,2-8,11-17H2,1H3,(H,19,20);;;;/q;2*+1;2*-1/b10-9-;;;;. The number of allylic oxidation sites excluding steroid dienone is 2. The summed E-state index contributed by atoms with van der Waals surface area (Å²) in [6.45, 7) is 2.26. The molecule has 0 saturated heterocycles. The van der Waals surface area contributed by atoms with Crippen LogP contribution in [0.1, 0.15) is 99.7 Å². The van der Waals surface area contributed by atoms with E-state index in [9.17, 15) is 4.79 Å². The average Bonchev–Trinajstić information content (AvgIpc) is 2.43. The Morgan fingerprint density at radius 1 is 0.773 bits per heavy atom. The molecule has 0 unspecified atom stereocenters. The number of hydrogen-bond donors (Lipinski definition) is 1. The molecule has 2 nitrogen and oxygen atoms in total. The smallest absolute Gasteiger partial charge is 1.00 e. The topological polar surface area (TPSA) is 37.3 Å². The first-order chi connectivity index (χ1) is 9.77. The quantitative estimate of drug-likeness (QED) is 0.259. The minimum absolute atomic E-state index is 0. The molecule has 1 N–H and O–H groups in total. The van der Waals surface area contributed by atoms with Crippen LogP contribution in [0, 0.1) is 0 Å². The van der Waals surface area contributed by atoms with Crippen molar-refractivity contribution >= 4 is 5.97 Å². The van der Waals surface area contributed by atoms with Crippen LogP contribution in [0.2, 0.25) is 0 Å². The van der Waals surface area contributed by atoms with E-state index in [-0.39, 0.29) is 106 Å². The molecule has 0 aromatic carbocycles. The van der Waals surface area contributed by atoms with Crippen molar-refractivity contribution in [1.82, 2.24) is 0 Å². The van der Waals surface area contributed by atoms with Gasteiger partial charge in [0.25, 0.3) is 0 Å². The number of aliphatic carboxylic acids is 1. The fourth-order valence-electron chi connectivity index (χ4n) is 2.35. The minimum atomic E-state index is -0.664. The summed E-state index contributed by atoms with van der Waals surface area (Å²) in [6.07, 6.45) is 21.2. The molecular formula is C18H36K2O2. The van der Waals surface area contributed by atoms with E-state index in [1.165, 1.54) is 70.6 Å². The zero-order valence-corrected chi connectivity index (χ0v) is 21.7. The van der Waals surface area contributed by atoms with E-state index in [1.807, 2.05) is 0 Å². The molecule has 0 saturated carbocycles. The molecule has 0 amide bonds.